The van der Waals surface area contributed by atoms with Crippen molar-refractivity contribution in [3.05, 3.63) is 11.4 Å². The first-order valence-corrected chi connectivity index (χ1v) is 8.79. The third kappa shape index (κ3) is 3.79. The highest BCUT2D eigenvalue weighted by Gasteiger charge is 2.25. The van der Waals surface area contributed by atoms with Gasteiger partial charge in [-0.05, 0) is 20.8 Å². The molecule has 1 atom stereocenters. The highest BCUT2D eigenvalue weighted by atomic mass is 32.2. The van der Waals surface area contributed by atoms with E-state index < -0.39 is 25.9 Å². The van der Waals surface area contributed by atoms with Crippen LogP contribution in [-0.4, -0.2) is 45.1 Å². The van der Waals surface area contributed by atoms with Crippen molar-refractivity contribution in [1.82, 2.24) is 14.9 Å². The number of sulfone groups is 1. The van der Waals surface area contributed by atoms with Crippen molar-refractivity contribution in [2.75, 3.05) is 12.0 Å². The molecule has 0 saturated heterocycles. The van der Waals surface area contributed by atoms with Gasteiger partial charge in [-0.3, -0.25) is 5.10 Å². The van der Waals surface area contributed by atoms with Crippen LogP contribution in [0.15, 0.2) is 4.90 Å². The quantitative estimate of drug-likeness (QED) is 0.777. The van der Waals surface area contributed by atoms with E-state index in [2.05, 4.69) is 14.9 Å². The Kier molecular flexibility index (Phi) is 4.19. The molecular formula is C9H17N3O4S2. The molecule has 1 rings (SSSR count). The van der Waals surface area contributed by atoms with Crippen molar-refractivity contribution >= 4 is 19.9 Å². The second-order valence-electron chi connectivity index (χ2n) is 4.38. The van der Waals surface area contributed by atoms with Crippen molar-refractivity contribution in [3.63, 3.8) is 0 Å². The van der Waals surface area contributed by atoms with Gasteiger partial charge in [0, 0.05) is 12.3 Å². The topological polar surface area (TPSA) is 109 Å². The molecule has 0 fully saturated rings. The molecular weight excluding hydrogens is 278 g/mol. The van der Waals surface area contributed by atoms with Crippen molar-refractivity contribution < 1.29 is 16.8 Å². The van der Waals surface area contributed by atoms with Crippen LogP contribution in [-0.2, 0) is 19.9 Å². The molecule has 9 heteroatoms. The van der Waals surface area contributed by atoms with Crippen LogP contribution in [0.25, 0.3) is 0 Å². The van der Waals surface area contributed by atoms with E-state index in [9.17, 15) is 16.8 Å². The average Bonchev–Trinajstić information content (AvgIpc) is 2.41. The Labute approximate surface area is 107 Å². The largest absolute Gasteiger partial charge is 0.281 e. The van der Waals surface area contributed by atoms with E-state index in [0.29, 0.717) is 11.4 Å². The van der Waals surface area contributed by atoms with Gasteiger partial charge in [0.25, 0.3) is 0 Å². The lowest BCUT2D eigenvalue weighted by Gasteiger charge is -2.13. The monoisotopic (exact) mass is 295 g/mol. The second kappa shape index (κ2) is 4.98. The van der Waals surface area contributed by atoms with E-state index in [-0.39, 0.29) is 10.6 Å². The number of aryl methyl sites for hydroxylation is 2. The predicted molar refractivity (Wildman–Crippen MR) is 67.6 cm³/mol. The number of rotatable bonds is 5. The summed E-state index contributed by atoms with van der Waals surface area (Å²) >= 11 is 0. The maximum Gasteiger partial charge on any atom is 0.244 e. The fraction of sp³-hybridized carbons (Fsp3) is 0.667. The predicted octanol–water partition coefficient (Wildman–Crippen LogP) is -0.262. The molecule has 0 spiro atoms. The number of hydrogen-bond acceptors (Lipinski definition) is 5. The molecule has 2 N–H and O–H groups in total. The molecule has 0 aliphatic heterocycles. The second-order valence-corrected chi connectivity index (χ2v) is 8.21. The Hall–Kier alpha value is -0.930. The van der Waals surface area contributed by atoms with Gasteiger partial charge < -0.3 is 0 Å². The van der Waals surface area contributed by atoms with Crippen LogP contribution >= 0.6 is 0 Å². The standard InChI is InChI=1S/C9H17N3O4S2/c1-6(5-17(4,13)14)12-18(15,16)9-7(2)10-11-8(9)3/h6,12H,5H2,1-4H3,(H,10,11). The molecule has 1 aromatic heterocycles. The maximum absolute atomic E-state index is 12.1. The van der Waals surface area contributed by atoms with E-state index in [4.69, 9.17) is 0 Å². The molecule has 0 saturated carbocycles. The van der Waals surface area contributed by atoms with Gasteiger partial charge in [-0.25, -0.2) is 21.6 Å². The number of H-pyrrole nitrogens is 1. The first-order valence-electron chi connectivity index (χ1n) is 5.24. The summed E-state index contributed by atoms with van der Waals surface area (Å²) < 4.78 is 48.6. The Morgan fingerprint density at radius 2 is 1.83 bits per heavy atom. The Morgan fingerprint density at radius 3 is 2.22 bits per heavy atom. The molecule has 0 aliphatic rings. The zero-order chi connectivity index (χ0) is 14.1. The number of hydrogen-bond donors (Lipinski definition) is 2. The highest BCUT2D eigenvalue weighted by molar-refractivity contribution is 7.91. The number of aromatic amines is 1. The average molecular weight is 295 g/mol. The van der Waals surface area contributed by atoms with E-state index in [1.165, 1.54) is 6.92 Å². The van der Waals surface area contributed by atoms with Gasteiger partial charge in [0.2, 0.25) is 10.0 Å². The van der Waals surface area contributed by atoms with Crippen LogP contribution in [0.4, 0.5) is 0 Å². The molecule has 0 bridgehead atoms. The lowest BCUT2D eigenvalue weighted by Crippen LogP contribution is -2.37. The number of aromatic nitrogens is 2. The summed E-state index contributed by atoms with van der Waals surface area (Å²) in [6.45, 7) is 4.67. The zero-order valence-electron chi connectivity index (χ0n) is 10.7. The van der Waals surface area contributed by atoms with Gasteiger partial charge in [-0.2, -0.15) is 5.10 Å². The van der Waals surface area contributed by atoms with Crippen molar-refractivity contribution in [2.45, 2.75) is 31.7 Å². The lowest BCUT2D eigenvalue weighted by molar-refractivity contribution is 0.563. The van der Waals surface area contributed by atoms with Crippen LogP contribution in [0.1, 0.15) is 18.3 Å². The first-order chi connectivity index (χ1) is 8.03. The highest BCUT2D eigenvalue weighted by Crippen LogP contribution is 2.16. The number of nitrogens with zero attached hydrogens (tertiary/aromatic N) is 1. The third-order valence-electron chi connectivity index (χ3n) is 2.24. The number of sulfonamides is 1. The minimum Gasteiger partial charge on any atom is -0.281 e. The van der Waals surface area contributed by atoms with Crippen LogP contribution in [0.3, 0.4) is 0 Å². The van der Waals surface area contributed by atoms with Gasteiger partial charge in [-0.1, -0.05) is 0 Å². The van der Waals surface area contributed by atoms with Crippen LogP contribution in [0.2, 0.25) is 0 Å². The molecule has 0 aliphatic carbocycles. The molecule has 0 radical (unpaired) electrons. The van der Waals surface area contributed by atoms with Crippen molar-refractivity contribution in [1.29, 1.82) is 0 Å². The Balaban J connectivity index is 2.97. The zero-order valence-corrected chi connectivity index (χ0v) is 12.3. The molecule has 7 nitrogen and oxygen atoms in total. The molecule has 1 unspecified atom stereocenters. The van der Waals surface area contributed by atoms with Gasteiger partial charge in [0.15, 0.2) is 0 Å². The van der Waals surface area contributed by atoms with E-state index in [1.807, 2.05) is 0 Å². The molecule has 1 aromatic rings. The van der Waals surface area contributed by atoms with Gasteiger partial charge in [0.1, 0.15) is 14.7 Å². The Bertz CT molecular complexity index is 611. The summed E-state index contributed by atoms with van der Waals surface area (Å²) in [4.78, 5) is 0.0721. The molecule has 18 heavy (non-hydrogen) atoms. The summed E-state index contributed by atoms with van der Waals surface area (Å²) in [5.41, 5.74) is 0.776. The summed E-state index contributed by atoms with van der Waals surface area (Å²) in [6.07, 6.45) is 1.06. The molecule has 104 valence electrons. The maximum atomic E-state index is 12.1. The van der Waals surface area contributed by atoms with Crippen LogP contribution in [0, 0.1) is 13.8 Å². The minimum absolute atomic E-state index is 0.0721. The summed E-state index contributed by atoms with van der Waals surface area (Å²) in [5, 5.41) is 6.38. The SMILES string of the molecule is Cc1n[nH]c(C)c1S(=O)(=O)NC(C)CS(C)(=O)=O. The fourth-order valence-electron chi connectivity index (χ4n) is 1.75. The number of nitrogens with one attached hydrogen (secondary N) is 2. The van der Waals surface area contributed by atoms with Gasteiger partial charge in [-0.15, -0.1) is 0 Å². The van der Waals surface area contributed by atoms with Crippen LogP contribution in [0.5, 0.6) is 0 Å². The van der Waals surface area contributed by atoms with Gasteiger partial charge in [0.05, 0.1) is 17.1 Å². The third-order valence-corrected chi connectivity index (χ3v) is 5.20. The normalized spacial score (nSPS) is 14.7. The summed E-state index contributed by atoms with van der Waals surface area (Å²) in [7, 11) is -6.99. The van der Waals surface area contributed by atoms with Crippen molar-refractivity contribution in [2.24, 2.45) is 0 Å². The molecule has 0 amide bonds. The molecule has 0 aromatic carbocycles. The van der Waals surface area contributed by atoms with E-state index >= 15 is 0 Å². The molecule has 1 heterocycles. The van der Waals surface area contributed by atoms with E-state index in [1.54, 1.807) is 13.8 Å². The smallest absolute Gasteiger partial charge is 0.244 e. The first kappa shape index (κ1) is 15.1. The summed E-state index contributed by atoms with van der Waals surface area (Å²) in [6, 6.07) is -0.696. The summed E-state index contributed by atoms with van der Waals surface area (Å²) in [5.74, 6) is -0.248. The van der Waals surface area contributed by atoms with Crippen LogP contribution < -0.4 is 4.72 Å². The van der Waals surface area contributed by atoms with Crippen molar-refractivity contribution in [3.8, 4) is 0 Å². The minimum atomic E-state index is -3.76. The van der Waals surface area contributed by atoms with E-state index in [0.717, 1.165) is 6.26 Å². The lowest BCUT2D eigenvalue weighted by atomic mass is 10.4. The Morgan fingerprint density at radius 1 is 1.28 bits per heavy atom. The fourth-order valence-corrected chi connectivity index (χ4v) is 4.46. The van der Waals surface area contributed by atoms with Gasteiger partial charge >= 0.3 is 0 Å².